The fourth-order valence-electron chi connectivity index (χ4n) is 1.74. The number of methoxy groups -OCH3 is 2. The van der Waals surface area contributed by atoms with Crippen LogP contribution in [0.5, 0.6) is 0 Å². The largest absolute Gasteiger partial charge is 0.462 e. The summed E-state index contributed by atoms with van der Waals surface area (Å²) in [6, 6.07) is 3.70. The molecule has 5 heteroatoms. The van der Waals surface area contributed by atoms with E-state index in [-0.39, 0.29) is 5.91 Å². The third kappa shape index (κ3) is 6.04. The predicted molar refractivity (Wildman–Crippen MR) is 77.4 cm³/mol. The Labute approximate surface area is 120 Å². The summed E-state index contributed by atoms with van der Waals surface area (Å²) in [5, 5.41) is 0. The minimum Gasteiger partial charge on any atom is -0.462 e. The Morgan fingerprint density at radius 1 is 1.25 bits per heavy atom. The van der Waals surface area contributed by atoms with Crippen molar-refractivity contribution in [3.8, 4) is 0 Å². The molecule has 1 rings (SSSR count). The van der Waals surface area contributed by atoms with Gasteiger partial charge in [-0.1, -0.05) is 0 Å². The zero-order valence-corrected chi connectivity index (χ0v) is 12.4. The first-order valence-corrected chi connectivity index (χ1v) is 6.68. The zero-order valence-electron chi connectivity index (χ0n) is 12.4. The highest BCUT2D eigenvalue weighted by molar-refractivity contribution is 5.91. The summed E-state index contributed by atoms with van der Waals surface area (Å²) >= 11 is 0. The molecule has 1 aromatic heterocycles. The highest BCUT2D eigenvalue weighted by atomic mass is 16.5. The van der Waals surface area contributed by atoms with Crippen LogP contribution in [0.25, 0.3) is 6.08 Å². The summed E-state index contributed by atoms with van der Waals surface area (Å²) in [6.45, 7) is 4.25. The first-order chi connectivity index (χ1) is 9.67. The molecular formula is C15H23NO4. The molecule has 0 aromatic carbocycles. The van der Waals surface area contributed by atoms with E-state index in [9.17, 15) is 4.79 Å². The second-order valence-electron chi connectivity index (χ2n) is 4.45. The molecule has 1 heterocycles. The molecule has 0 unspecified atom stereocenters. The van der Waals surface area contributed by atoms with Gasteiger partial charge in [-0.15, -0.1) is 0 Å². The molecule has 0 aliphatic rings. The molecule has 1 amide bonds. The van der Waals surface area contributed by atoms with Crippen LogP contribution in [0.4, 0.5) is 0 Å². The average molecular weight is 281 g/mol. The highest BCUT2D eigenvalue weighted by Crippen LogP contribution is 2.08. The molecule has 112 valence electrons. The van der Waals surface area contributed by atoms with Crippen LogP contribution in [0.2, 0.25) is 0 Å². The Balaban J connectivity index is 2.54. The zero-order chi connectivity index (χ0) is 14.8. The lowest BCUT2D eigenvalue weighted by Gasteiger charge is -2.20. The van der Waals surface area contributed by atoms with E-state index < -0.39 is 0 Å². The number of carbonyl (C=O) groups excluding carboxylic acids is 1. The minimum absolute atomic E-state index is 0.0489. The third-order valence-electron chi connectivity index (χ3n) is 2.80. The van der Waals surface area contributed by atoms with Gasteiger partial charge in [0.25, 0.3) is 0 Å². The third-order valence-corrected chi connectivity index (χ3v) is 2.80. The Kier molecular flexibility index (Phi) is 7.69. The van der Waals surface area contributed by atoms with Gasteiger partial charge in [-0.25, -0.2) is 0 Å². The van der Waals surface area contributed by atoms with E-state index in [1.807, 2.05) is 19.1 Å². The summed E-state index contributed by atoms with van der Waals surface area (Å²) in [6.07, 6.45) is 4.02. The van der Waals surface area contributed by atoms with Gasteiger partial charge in [0, 0.05) is 40.0 Å². The van der Waals surface area contributed by atoms with Gasteiger partial charge < -0.3 is 18.8 Å². The van der Waals surface area contributed by atoms with Crippen LogP contribution in [-0.4, -0.2) is 51.3 Å². The van der Waals surface area contributed by atoms with Crippen LogP contribution < -0.4 is 0 Å². The highest BCUT2D eigenvalue weighted by Gasteiger charge is 2.10. The van der Waals surface area contributed by atoms with Gasteiger partial charge in [-0.05, 0) is 31.6 Å². The van der Waals surface area contributed by atoms with Gasteiger partial charge in [-0.2, -0.15) is 0 Å². The number of ether oxygens (including phenoxy) is 2. The van der Waals surface area contributed by atoms with Crippen molar-refractivity contribution in [1.82, 2.24) is 4.90 Å². The molecule has 0 atom stereocenters. The van der Waals surface area contributed by atoms with Crippen LogP contribution in [0.3, 0.4) is 0 Å². The molecule has 0 N–H and O–H groups in total. The van der Waals surface area contributed by atoms with Crippen LogP contribution in [0.1, 0.15) is 17.9 Å². The van der Waals surface area contributed by atoms with Crippen LogP contribution in [-0.2, 0) is 14.3 Å². The van der Waals surface area contributed by atoms with Crippen molar-refractivity contribution in [2.24, 2.45) is 0 Å². The molecular weight excluding hydrogens is 258 g/mol. The topological polar surface area (TPSA) is 51.9 Å². The Morgan fingerprint density at radius 3 is 2.60 bits per heavy atom. The second-order valence-corrected chi connectivity index (χ2v) is 4.45. The number of amides is 1. The van der Waals surface area contributed by atoms with E-state index >= 15 is 0 Å². The van der Waals surface area contributed by atoms with E-state index in [0.717, 1.165) is 12.2 Å². The van der Waals surface area contributed by atoms with Crippen LogP contribution in [0.15, 0.2) is 22.6 Å². The van der Waals surface area contributed by atoms with Crippen molar-refractivity contribution in [3.63, 3.8) is 0 Å². The van der Waals surface area contributed by atoms with E-state index in [2.05, 4.69) is 0 Å². The average Bonchev–Trinajstić information content (AvgIpc) is 2.86. The number of hydrogen-bond donors (Lipinski definition) is 0. The number of rotatable bonds is 9. The molecule has 20 heavy (non-hydrogen) atoms. The first kappa shape index (κ1) is 16.5. The lowest BCUT2D eigenvalue weighted by atomic mass is 10.3. The maximum atomic E-state index is 12.1. The van der Waals surface area contributed by atoms with E-state index in [1.165, 1.54) is 6.08 Å². The number of hydrogen-bond acceptors (Lipinski definition) is 4. The van der Waals surface area contributed by atoms with Gasteiger partial charge in [0.1, 0.15) is 11.5 Å². The van der Waals surface area contributed by atoms with E-state index in [1.54, 1.807) is 25.2 Å². The van der Waals surface area contributed by atoms with Gasteiger partial charge in [0.15, 0.2) is 0 Å². The first-order valence-electron chi connectivity index (χ1n) is 6.68. The quantitative estimate of drug-likeness (QED) is 0.514. The molecule has 0 saturated heterocycles. The molecule has 0 bridgehead atoms. The smallest absolute Gasteiger partial charge is 0.246 e. The summed E-state index contributed by atoms with van der Waals surface area (Å²) in [5.41, 5.74) is 0. The molecule has 0 aliphatic carbocycles. The van der Waals surface area contributed by atoms with E-state index in [4.69, 9.17) is 13.9 Å². The minimum atomic E-state index is -0.0489. The Hall–Kier alpha value is -1.59. The van der Waals surface area contributed by atoms with E-state index in [0.29, 0.717) is 32.1 Å². The van der Waals surface area contributed by atoms with Crippen molar-refractivity contribution in [1.29, 1.82) is 0 Å². The maximum Gasteiger partial charge on any atom is 0.246 e. The van der Waals surface area contributed by atoms with Crippen molar-refractivity contribution >= 4 is 12.0 Å². The van der Waals surface area contributed by atoms with Crippen LogP contribution in [0, 0.1) is 6.92 Å². The fraction of sp³-hybridized carbons (Fsp3) is 0.533. The normalized spacial score (nSPS) is 11.2. The number of aryl methyl sites for hydroxylation is 1. The SMILES string of the molecule is COCCCN(CCOC)C(=O)/C=C/c1ccc(C)o1. The van der Waals surface area contributed by atoms with Crippen molar-refractivity contribution in [3.05, 3.63) is 29.7 Å². The summed E-state index contributed by atoms with van der Waals surface area (Å²) in [5.74, 6) is 1.46. The lowest BCUT2D eigenvalue weighted by Crippen LogP contribution is -2.34. The van der Waals surface area contributed by atoms with Gasteiger partial charge in [0.05, 0.1) is 6.61 Å². The maximum absolute atomic E-state index is 12.1. The molecule has 0 fully saturated rings. The molecule has 1 aromatic rings. The number of nitrogens with zero attached hydrogens (tertiary/aromatic N) is 1. The van der Waals surface area contributed by atoms with Gasteiger partial charge in [0.2, 0.25) is 5.91 Å². The molecule has 5 nitrogen and oxygen atoms in total. The monoisotopic (exact) mass is 281 g/mol. The molecule has 0 radical (unpaired) electrons. The predicted octanol–water partition coefficient (Wildman–Crippen LogP) is 2.11. The molecule has 0 aliphatic heterocycles. The Morgan fingerprint density at radius 2 is 2.00 bits per heavy atom. The second kappa shape index (κ2) is 9.34. The lowest BCUT2D eigenvalue weighted by molar-refractivity contribution is -0.126. The van der Waals surface area contributed by atoms with Crippen molar-refractivity contribution in [2.75, 3.05) is 40.5 Å². The summed E-state index contributed by atoms with van der Waals surface area (Å²) < 4.78 is 15.4. The Bertz CT molecular complexity index is 425. The summed E-state index contributed by atoms with van der Waals surface area (Å²) in [7, 11) is 3.28. The van der Waals surface area contributed by atoms with Crippen LogP contribution >= 0.6 is 0 Å². The van der Waals surface area contributed by atoms with Crippen molar-refractivity contribution < 1.29 is 18.7 Å². The standard InChI is InChI=1S/C15H23NO4/c1-13-5-6-14(20-13)7-8-15(17)16(10-12-19-3)9-4-11-18-2/h5-8H,4,9-12H2,1-3H3/b8-7+. The summed E-state index contributed by atoms with van der Waals surface area (Å²) in [4.78, 5) is 13.9. The number of carbonyl (C=O) groups is 1. The van der Waals surface area contributed by atoms with Gasteiger partial charge in [-0.3, -0.25) is 4.79 Å². The van der Waals surface area contributed by atoms with Gasteiger partial charge >= 0.3 is 0 Å². The number of furan rings is 1. The fourth-order valence-corrected chi connectivity index (χ4v) is 1.74. The van der Waals surface area contributed by atoms with Crippen molar-refractivity contribution in [2.45, 2.75) is 13.3 Å². The molecule has 0 spiro atoms. The molecule has 0 saturated carbocycles.